The average molecular weight is 360 g/mol. The minimum Gasteiger partial charge on any atom is -0.496 e. The quantitative estimate of drug-likeness (QED) is 0.691. The summed E-state index contributed by atoms with van der Waals surface area (Å²) in [6.07, 6.45) is 2.31. The van der Waals surface area contributed by atoms with E-state index in [1.807, 2.05) is 13.8 Å². The van der Waals surface area contributed by atoms with Crippen molar-refractivity contribution in [1.29, 1.82) is 0 Å². The molecule has 0 radical (unpaired) electrons. The number of pyridine rings is 1. The number of rotatable bonds is 4. The zero-order chi connectivity index (χ0) is 18.1. The van der Waals surface area contributed by atoms with E-state index in [-0.39, 0.29) is 5.43 Å². The summed E-state index contributed by atoms with van der Waals surface area (Å²) < 4.78 is 16.6. The lowest BCUT2D eigenvalue weighted by molar-refractivity contribution is 0.392. The summed E-state index contributed by atoms with van der Waals surface area (Å²) >= 11 is 6.47. The molecule has 0 amide bonds. The average Bonchev–Trinajstić information content (AvgIpc) is 2.62. The first-order chi connectivity index (χ1) is 12.0. The van der Waals surface area contributed by atoms with E-state index in [9.17, 15) is 4.79 Å². The predicted molar refractivity (Wildman–Crippen MR) is 97.9 cm³/mol. The molecule has 2 heterocycles. The molecule has 0 atom stereocenters. The number of aromatic nitrogens is 1. The normalized spacial score (nSPS) is 10.9. The second-order valence-electron chi connectivity index (χ2n) is 5.60. The van der Waals surface area contributed by atoms with E-state index in [0.29, 0.717) is 38.8 Å². The molecule has 0 unspecified atom stereocenters. The minimum absolute atomic E-state index is 0.148. The van der Waals surface area contributed by atoms with E-state index in [4.69, 9.17) is 25.5 Å². The highest BCUT2D eigenvalue weighted by Crippen LogP contribution is 2.42. The monoisotopic (exact) mass is 359 g/mol. The smallest absolute Gasteiger partial charge is 0.193 e. The van der Waals surface area contributed by atoms with E-state index in [0.717, 1.165) is 17.7 Å². The third kappa shape index (κ3) is 2.96. The van der Waals surface area contributed by atoms with Crippen molar-refractivity contribution in [2.24, 2.45) is 0 Å². The van der Waals surface area contributed by atoms with Crippen molar-refractivity contribution in [3.05, 3.63) is 50.9 Å². The fourth-order valence-electron chi connectivity index (χ4n) is 2.78. The maximum Gasteiger partial charge on any atom is 0.193 e. The molecule has 2 aromatic heterocycles. The number of aryl methyl sites for hydroxylation is 1. The van der Waals surface area contributed by atoms with Crippen LogP contribution in [0.2, 0.25) is 5.02 Å². The lowest BCUT2D eigenvalue weighted by atomic mass is 10.0. The second-order valence-corrected chi connectivity index (χ2v) is 5.97. The van der Waals surface area contributed by atoms with Crippen LogP contribution in [0, 0.1) is 6.92 Å². The molecule has 1 aromatic carbocycles. The van der Waals surface area contributed by atoms with Gasteiger partial charge in [-0.25, -0.2) is 0 Å². The van der Waals surface area contributed by atoms with Gasteiger partial charge in [-0.15, -0.1) is 0 Å². The molecule has 130 valence electrons. The molecule has 25 heavy (non-hydrogen) atoms. The van der Waals surface area contributed by atoms with Crippen LogP contribution in [-0.4, -0.2) is 19.2 Å². The van der Waals surface area contributed by atoms with E-state index >= 15 is 0 Å². The standard InChI is InChI=1S/C19H18ClNO4/c1-5-11-6-12-13(22)7-15(25-17(12)9-21-11)18-10(2)14(23-3)8-16(24-4)19(18)20/h6-9H,5H2,1-4H3. The van der Waals surface area contributed by atoms with E-state index < -0.39 is 0 Å². The van der Waals surface area contributed by atoms with Gasteiger partial charge in [0.15, 0.2) is 11.0 Å². The number of methoxy groups -OCH3 is 2. The summed E-state index contributed by atoms with van der Waals surface area (Å²) in [5.41, 5.74) is 2.43. The summed E-state index contributed by atoms with van der Waals surface area (Å²) in [6.45, 7) is 3.83. The van der Waals surface area contributed by atoms with Gasteiger partial charge in [0.05, 0.1) is 30.8 Å². The molecule has 0 spiro atoms. The number of nitrogens with zero attached hydrogens (tertiary/aromatic N) is 1. The lowest BCUT2D eigenvalue weighted by Crippen LogP contribution is -2.03. The highest BCUT2D eigenvalue weighted by atomic mass is 35.5. The Morgan fingerprint density at radius 1 is 1.16 bits per heavy atom. The first kappa shape index (κ1) is 17.3. The van der Waals surface area contributed by atoms with Gasteiger partial charge >= 0.3 is 0 Å². The molecule has 0 saturated carbocycles. The zero-order valence-electron chi connectivity index (χ0n) is 14.5. The van der Waals surface area contributed by atoms with Gasteiger partial charge in [-0.3, -0.25) is 9.78 Å². The molecule has 5 nitrogen and oxygen atoms in total. The fourth-order valence-corrected chi connectivity index (χ4v) is 3.14. The maximum absolute atomic E-state index is 12.6. The van der Waals surface area contributed by atoms with Crippen LogP contribution in [0.4, 0.5) is 0 Å². The number of hydrogen-bond donors (Lipinski definition) is 0. The van der Waals surface area contributed by atoms with Crippen molar-refractivity contribution in [1.82, 2.24) is 4.98 Å². The predicted octanol–water partition coefficient (Wildman–Crippen LogP) is 4.40. The first-order valence-corrected chi connectivity index (χ1v) is 8.22. The van der Waals surface area contributed by atoms with Gasteiger partial charge in [0, 0.05) is 29.0 Å². The number of halogens is 1. The van der Waals surface area contributed by atoms with Gasteiger partial charge in [0.2, 0.25) is 0 Å². The van der Waals surface area contributed by atoms with Crippen molar-refractivity contribution < 1.29 is 13.9 Å². The summed E-state index contributed by atoms with van der Waals surface area (Å²) in [5.74, 6) is 1.39. The molecule has 3 aromatic rings. The van der Waals surface area contributed by atoms with E-state index in [1.54, 1.807) is 25.4 Å². The topological polar surface area (TPSA) is 61.6 Å². The lowest BCUT2D eigenvalue weighted by Gasteiger charge is -2.15. The maximum atomic E-state index is 12.6. The van der Waals surface area contributed by atoms with Gasteiger partial charge in [-0.1, -0.05) is 18.5 Å². The van der Waals surface area contributed by atoms with Crippen LogP contribution < -0.4 is 14.9 Å². The largest absolute Gasteiger partial charge is 0.496 e. The Morgan fingerprint density at radius 2 is 1.88 bits per heavy atom. The van der Waals surface area contributed by atoms with Gasteiger partial charge in [-0.05, 0) is 19.4 Å². The Morgan fingerprint density at radius 3 is 2.52 bits per heavy atom. The molecule has 3 rings (SSSR count). The van der Waals surface area contributed by atoms with Gasteiger partial charge < -0.3 is 13.9 Å². The van der Waals surface area contributed by atoms with Crippen LogP contribution in [0.1, 0.15) is 18.2 Å². The Bertz CT molecular complexity index is 982. The van der Waals surface area contributed by atoms with Gasteiger partial charge in [0.25, 0.3) is 0 Å². The molecule has 0 bridgehead atoms. The van der Waals surface area contributed by atoms with Crippen molar-refractivity contribution >= 4 is 22.6 Å². The highest BCUT2D eigenvalue weighted by molar-refractivity contribution is 6.35. The van der Waals surface area contributed by atoms with Gasteiger partial charge in [-0.2, -0.15) is 0 Å². The van der Waals surface area contributed by atoms with Crippen LogP contribution in [-0.2, 0) is 6.42 Å². The highest BCUT2D eigenvalue weighted by Gasteiger charge is 2.20. The number of hydrogen-bond acceptors (Lipinski definition) is 5. The summed E-state index contributed by atoms with van der Waals surface area (Å²) in [7, 11) is 3.08. The molecule has 0 aliphatic carbocycles. The van der Waals surface area contributed by atoms with E-state index in [1.165, 1.54) is 13.2 Å². The molecular formula is C19H18ClNO4. The van der Waals surface area contributed by atoms with Crippen molar-refractivity contribution in [3.8, 4) is 22.8 Å². The number of benzene rings is 1. The summed E-state index contributed by atoms with van der Waals surface area (Å²) in [6, 6.07) is 4.90. The Balaban J connectivity index is 2.32. The molecule has 0 aliphatic heterocycles. The van der Waals surface area contributed by atoms with E-state index in [2.05, 4.69) is 4.98 Å². The minimum atomic E-state index is -0.148. The molecule has 6 heteroatoms. The van der Waals surface area contributed by atoms with Gasteiger partial charge in [0.1, 0.15) is 17.3 Å². The molecule has 0 aliphatic rings. The second kappa shape index (κ2) is 6.76. The molecular weight excluding hydrogens is 342 g/mol. The summed E-state index contributed by atoms with van der Waals surface area (Å²) in [5, 5.41) is 0.862. The Labute approximate surface area is 150 Å². The SMILES string of the molecule is CCc1cc2c(=O)cc(-c3c(C)c(OC)cc(OC)c3Cl)oc2cn1. The van der Waals surface area contributed by atoms with Crippen molar-refractivity contribution in [2.45, 2.75) is 20.3 Å². The molecule has 0 N–H and O–H groups in total. The number of fused-ring (bicyclic) bond motifs is 1. The van der Waals surface area contributed by atoms with Crippen LogP contribution in [0.15, 0.2) is 33.6 Å². The third-order valence-corrected chi connectivity index (χ3v) is 4.54. The van der Waals surface area contributed by atoms with Crippen LogP contribution in [0.25, 0.3) is 22.3 Å². The van der Waals surface area contributed by atoms with Crippen LogP contribution in [0.5, 0.6) is 11.5 Å². The zero-order valence-corrected chi connectivity index (χ0v) is 15.2. The van der Waals surface area contributed by atoms with Crippen molar-refractivity contribution in [3.63, 3.8) is 0 Å². The molecule has 0 fully saturated rings. The van der Waals surface area contributed by atoms with Crippen LogP contribution >= 0.6 is 11.6 Å². The number of ether oxygens (including phenoxy) is 2. The summed E-state index contributed by atoms with van der Waals surface area (Å²) in [4.78, 5) is 16.9. The first-order valence-electron chi connectivity index (χ1n) is 7.84. The fraction of sp³-hybridized carbons (Fsp3) is 0.263. The Hall–Kier alpha value is -2.53. The molecule has 0 saturated heterocycles. The van der Waals surface area contributed by atoms with Crippen molar-refractivity contribution in [2.75, 3.05) is 14.2 Å². The third-order valence-electron chi connectivity index (χ3n) is 4.16. The Kier molecular flexibility index (Phi) is 4.68. The van der Waals surface area contributed by atoms with Crippen LogP contribution in [0.3, 0.4) is 0 Å².